The number of rotatable bonds is 3. The van der Waals surface area contributed by atoms with Crippen LogP contribution >= 0.6 is 34.8 Å². The summed E-state index contributed by atoms with van der Waals surface area (Å²) in [6.45, 7) is 0. The van der Waals surface area contributed by atoms with Gasteiger partial charge in [-0.05, 0) is 29.8 Å². The first-order chi connectivity index (χ1) is 9.54. The van der Waals surface area contributed by atoms with E-state index in [4.69, 9.17) is 34.8 Å². The fraction of sp³-hybridized carbons (Fsp3) is 0.0667. The fourth-order valence-corrected chi connectivity index (χ4v) is 2.53. The van der Waals surface area contributed by atoms with Gasteiger partial charge in [0.1, 0.15) is 5.92 Å². The second-order valence-corrected chi connectivity index (χ2v) is 5.33. The average molecular weight is 325 g/mol. The largest absolute Gasteiger partial charge is 0.292 e. The van der Waals surface area contributed by atoms with Gasteiger partial charge in [0, 0.05) is 5.02 Å². The smallest absolute Gasteiger partial charge is 0.187 e. The van der Waals surface area contributed by atoms with Crippen molar-refractivity contribution in [3.63, 3.8) is 0 Å². The first-order valence-corrected chi connectivity index (χ1v) is 6.81. The van der Waals surface area contributed by atoms with Crippen LogP contribution in [-0.4, -0.2) is 5.78 Å². The molecule has 0 N–H and O–H groups in total. The van der Waals surface area contributed by atoms with Crippen LogP contribution in [0.15, 0.2) is 42.5 Å². The molecule has 0 aliphatic rings. The normalized spacial score (nSPS) is 11.7. The zero-order valence-corrected chi connectivity index (χ0v) is 12.4. The molecule has 0 saturated carbocycles. The van der Waals surface area contributed by atoms with Gasteiger partial charge < -0.3 is 0 Å². The molecule has 5 heteroatoms. The van der Waals surface area contributed by atoms with Crippen LogP contribution in [0.3, 0.4) is 0 Å². The third-order valence-corrected chi connectivity index (χ3v) is 3.69. The lowest BCUT2D eigenvalue weighted by Crippen LogP contribution is -2.12. The summed E-state index contributed by atoms with van der Waals surface area (Å²) in [5, 5.41) is 10.3. The van der Waals surface area contributed by atoms with Gasteiger partial charge >= 0.3 is 0 Å². The molecule has 100 valence electrons. The molecular weight excluding hydrogens is 317 g/mol. The Morgan fingerprint density at radius 1 is 1.00 bits per heavy atom. The van der Waals surface area contributed by atoms with Gasteiger partial charge in [-0.15, -0.1) is 0 Å². The molecule has 2 rings (SSSR count). The fourth-order valence-electron chi connectivity index (χ4n) is 1.82. The average Bonchev–Trinajstić information content (AvgIpc) is 2.41. The summed E-state index contributed by atoms with van der Waals surface area (Å²) >= 11 is 17.8. The highest BCUT2D eigenvalue weighted by atomic mass is 35.5. The van der Waals surface area contributed by atoms with Crippen molar-refractivity contribution in [1.29, 1.82) is 5.26 Å². The van der Waals surface area contributed by atoms with Gasteiger partial charge in [-0.25, -0.2) is 0 Å². The minimum Gasteiger partial charge on any atom is -0.292 e. The van der Waals surface area contributed by atoms with Gasteiger partial charge in [0.2, 0.25) is 0 Å². The molecule has 0 spiro atoms. The van der Waals surface area contributed by atoms with E-state index < -0.39 is 11.7 Å². The van der Waals surface area contributed by atoms with Crippen molar-refractivity contribution in [1.82, 2.24) is 0 Å². The van der Waals surface area contributed by atoms with Crippen molar-refractivity contribution >= 4 is 40.6 Å². The molecule has 2 aromatic rings. The summed E-state index contributed by atoms with van der Waals surface area (Å²) in [5.74, 6) is -1.39. The van der Waals surface area contributed by atoms with Crippen LogP contribution in [0.5, 0.6) is 0 Å². The van der Waals surface area contributed by atoms with Crippen LogP contribution in [-0.2, 0) is 0 Å². The molecule has 2 aromatic carbocycles. The third kappa shape index (κ3) is 2.96. The van der Waals surface area contributed by atoms with Crippen molar-refractivity contribution in [3.05, 3.63) is 68.7 Å². The van der Waals surface area contributed by atoms with E-state index >= 15 is 0 Å². The van der Waals surface area contributed by atoms with Gasteiger partial charge in [-0.3, -0.25) is 4.79 Å². The number of nitrogens with zero attached hydrogens (tertiary/aromatic N) is 1. The molecule has 0 fully saturated rings. The molecule has 0 saturated heterocycles. The van der Waals surface area contributed by atoms with Gasteiger partial charge in [-0.1, -0.05) is 53.0 Å². The number of carbonyl (C=O) groups is 1. The van der Waals surface area contributed by atoms with Crippen LogP contribution in [0, 0.1) is 11.3 Å². The highest BCUT2D eigenvalue weighted by Gasteiger charge is 2.25. The van der Waals surface area contributed by atoms with E-state index in [1.165, 1.54) is 0 Å². The minimum atomic E-state index is -0.968. The van der Waals surface area contributed by atoms with Crippen molar-refractivity contribution in [2.24, 2.45) is 0 Å². The van der Waals surface area contributed by atoms with Gasteiger partial charge in [0.25, 0.3) is 0 Å². The molecule has 0 aliphatic heterocycles. The van der Waals surface area contributed by atoms with Crippen molar-refractivity contribution < 1.29 is 4.79 Å². The Labute approximate surface area is 131 Å². The number of Topliss-reactive ketones (excluding diaryl/α,β-unsaturated/α-hetero) is 1. The van der Waals surface area contributed by atoms with Crippen LogP contribution in [0.4, 0.5) is 0 Å². The Kier molecular flexibility index (Phi) is 4.67. The summed E-state index contributed by atoms with van der Waals surface area (Å²) in [6, 6.07) is 13.3. The van der Waals surface area contributed by atoms with E-state index in [2.05, 4.69) is 0 Å². The maximum atomic E-state index is 12.5. The molecule has 20 heavy (non-hydrogen) atoms. The summed E-state index contributed by atoms with van der Waals surface area (Å²) in [7, 11) is 0. The molecule has 0 aromatic heterocycles. The summed E-state index contributed by atoms with van der Waals surface area (Å²) in [6.07, 6.45) is 0. The maximum absolute atomic E-state index is 12.5. The zero-order chi connectivity index (χ0) is 14.7. The highest BCUT2D eigenvalue weighted by molar-refractivity contribution is 6.40. The predicted molar refractivity (Wildman–Crippen MR) is 80.6 cm³/mol. The molecule has 1 unspecified atom stereocenters. The van der Waals surface area contributed by atoms with E-state index in [0.29, 0.717) is 10.6 Å². The molecule has 0 heterocycles. The predicted octanol–water partition coefficient (Wildman–Crippen LogP) is 5.14. The number of halogens is 3. The van der Waals surface area contributed by atoms with Crippen molar-refractivity contribution in [2.75, 3.05) is 0 Å². The molecule has 0 amide bonds. The first-order valence-electron chi connectivity index (χ1n) is 5.68. The molecule has 1 atom stereocenters. The third-order valence-electron chi connectivity index (χ3n) is 2.80. The second-order valence-electron chi connectivity index (χ2n) is 4.07. The lowest BCUT2D eigenvalue weighted by atomic mass is 9.92. The molecule has 0 aliphatic carbocycles. The molecular formula is C15H8Cl3NO. The van der Waals surface area contributed by atoms with Crippen LogP contribution in [0.2, 0.25) is 15.1 Å². The lowest BCUT2D eigenvalue weighted by Gasteiger charge is -2.11. The van der Waals surface area contributed by atoms with E-state index in [-0.39, 0.29) is 15.6 Å². The Morgan fingerprint density at radius 2 is 1.55 bits per heavy atom. The highest BCUT2D eigenvalue weighted by Crippen LogP contribution is 2.30. The number of ketones is 1. The van der Waals surface area contributed by atoms with E-state index in [1.54, 1.807) is 42.5 Å². The van der Waals surface area contributed by atoms with Crippen molar-refractivity contribution in [2.45, 2.75) is 5.92 Å². The number of hydrogen-bond acceptors (Lipinski definition) is 2. The van der Waals surface area contributed by atoms with E-state index in [1.807, 2.05) is 6.07 Å². The molecule has 0 radical (unpaired) electrons. The number of nitriles is 1. The topological polar surface area (TPSA) is 40.9 Å². The quantitative estimate of drug-likeness (QED) is 0.734. The standard InChI is InChI=1S/C15H8Cl3NO/c16-10-6-4-9(5-7-10)11(8-19)15(20)14-12(17)2-1-3-13(14)18/h1-7,11H. The van der Waals surface area contributed by atoms with E-state index in [9.17, 15) is 10.1 Å². The maximum Gasteiger partial charge on any atom is 0.187 e. The Balaban J connectivity index is 2.45. The second kappa shape index (κ2) is 6.28. The molecule has 2 nitrogen and oxygen atoms in total. The SMILES string of the molecule is N#CC(C(=O)c1c(Cl)cccc1Cl)c1ccc(Cl)cc1. The Hall–Kier alpha value is -1.53. The molecule has 0 bridgehead atoms. The number of carbonyl (C=O) groups excluding carboxylic acids is 1. The minimum absolute atomic E-state index is 0.164. The van der Waals surface area contributed by atoms with Crippen LogP contribution < -0.4 is 0 Å². The first kappa shape index (κ1) is 14.9. The van der Waals surface area contributed by atoms with Gasteiger partial charge in [-0.2, -0.15) is 5.26 Å². The van der Waals surface area contributed by atoms with Crippen LogP contribution in [0.25, 0.3) is 0 Å². The number of benzene rings is 2. The van der Waals surface area contributed by atoms with Gasteiger partial charge in [0.15, 0.2) is 5.78 Å². The zero-order valence-electron chi connectivity index (χ0n) is 10.1. The Bertz CT molecular complexity index is 669. The monoisotopic (exact) mass is 323 g/mol. The summed E-state index contributed by atoms with van der Waals surface area (Å²) < 4.78 is 0. The Morgan fingerprint density at radius 3 is 2.05 bits per heavy atom. The van der Waals surface area contributed by atoms with Crippen LogP contribution in [0.1, 0.15) is 21.8 Å². The van der Waals surface area contributed by atoms with Crippen molar-refractivity contribution in [3.8, 4) is 6.07 Å². The van der Waals surface area contributed by atoms with Gasteiger partial charge in [0.05, 0.1) is 21.7 Å². The lowest BCUT2D eigenvalue weighted by molar-refractivity contribution is 0.0979. The van der Waals surface area contributed by atoms with E-state index in [0.717, 1.165) is 0 Å². The number of hydrogen-bond donors (Lipinski definition) is 0. The summed E-state index contributed by atoms with van der Waals surface area (Å²) in [5.41, 5.74) is 0.718. The summed E-state index contributed by atoms with van der Waals surface area (Å²) in [4.78, 5) is 12.5.